The molecule has 0 aliphatic carbocycles. The van der Waals surface area contributed by atoms with Crippen molar-refractivity contribution < 1.29 is 13.9 Å². The molecule has 0 amide bonds. The number of furan rings is 2. The molecule has 0 saturated carbocycles. The number of aliphatic hydroxyl groups excluding tert-OH is 1. The Morgan fingerprint density at radius 1 is 1.23 bits per heavy atom. The van der Waals surface area contributed by atoms with Gasteiger partial charge in [-0.05, 0) is 34.1 Å². The highest BCUT2D eigenvalue weighted by atomic mass is 79.9. The van der Waals surface area contributed by atoms with E-state index in [2.05, 4.69) is 15.9 Å². The van der Waals surface area contributed by atoms with Crippen LogP contribution in [0.2, 0.25) is 0 Å². The number of halogens is 1. The van der Waals surface area contributed by atoms with Gasteiger partial charge in [-0.15, -0.1) is 0 Å². The van der Waals surface area contributed by atoms with E-state index in [1.54, 1.807) is 18.2 Å². The summed E-state index contributed by atoms with van der Waals surface area (Å²) in [5.41, 5.74) is 0.662. The summed E-state index contributed by atoms with van der Waals surface area (Å²) >= 11 is 3.18. The second-order valence-corrected chi connectivity index (χ2v) is 3.29. The van der Waals surface area contributed by atoms with Crippen molar-refractivity contribution in [3.63, 3.8) is 0 Å². The Kier molecular flexibility index (Phi) is 2.24. The van der Waals surface area contributed by atoms with Gasteiger partial charge in [-0.25, -0.2) is 0 Å². The van der Waals surface area contributed by atoms with Gasteiger partial charge in [-0.2, -0.15) is 0 Å². The molecule has 4 heteroatoms. The first-order chi connectivity index (χ1) is 6.29. The zero-order valence-corrected chi connectivity index (χ0v) is 8.19. The fourth-order valence-electron chi connectivity index (χ4n) is 1.10. The monoisotopic (exact) mass is 242 g/mol. The topological polar surface area (TPSA) is 46.5 Å². The van der Waals surface area contributed by atoms with Gasteiger partial charge in [0.25, 0.3) is 0 Å². The summed E-state index contributed by atoms with van der Waals surface area (Å²) in [5, 5.41) is 9.77. The molecule has 3 nitrogen and oxygen atoms in total. The highest BCUT2D eigenvalue weighted by molar-refractivity contribution is 9.10. The van der Waals surface area contributed by atoms with Crippen LogP contribution in [0.15, 0.2) is 44.2 Å². The summed E-state index contributed by atoms with van der Waals surface area (Å²) in [6, 6.07) is 5.13. The van der Waals surface area contributed by atoms with Gasteiger partial charge in [0, 0.05) is 5.56 Å². The Hall–Kier alpha value is -1.00. The number of aliphatic hydroxyl groups is 1. The van der Waals surface area contributed by atoms with Crippen molar-refractivity contribution >= 4 is 15.9 Å². The lowest BCUT2D eigenvalue weighted by Gasteiger charge is -2.04. The summed E-state index contributed by atoms with van der Waals surface area (Å²) in [6.07, 6.45) is 2.25. The van der Waals surface area contributed by atoms with Crippen molar-refractivity contribution in [2.75, 3.05) is 0 Å². The van der Waals surface area contributed by atoms with E-state index in [9.17, 15) is 5.11 Å². The minimum absolute atomic E-state index is 0.502. The Bertz CT molecular complexity index is 377. The van der Waals surface area contributed by atoms with Crippen LogP contribution in [0.3, 0.4) is 0 Å². The van der Waals surface area contributed by atoms with Crippen LogP contribution in [0.25, 0.3) is 0 Å². The quantitative estimate of drug-likeness (QED) is 0.881. The van der Waals surface area contributed by atoms with Gasteiger partial charge in [0.05, 0.1) is 12.5 Å². The van der Waals surface area contributed by atoms with Crippen LogP contribution in [-0.2, 0) is 0 Å². The van der Waals surface area contributed by atoms with E-state index in [1.807, 2.05) is 0 Å². The van der Waals surface area contributed by atoms with Crippen molar-refractivity contribution in [1.82, 2.24) is 0 Å². The summed E-state index contributed by atoms with van der Waals surface area (Å²) in [4.78, 5) is 0. The second kappa shape index (κ2) is 3.40. The Labute approximate surface area is 83.1 Å². The van der Waals surface area contributed by atoms with E-state index in [1.165, 1.54) is 12.5 Å². The molecule has 2 heterocycles. The maximum atomic E-state index is 9.77. The molecule has 1 atom stereocenters. The maximum absolute atomic E-state index is 9.77. The second-order valence-electron chi connectivity index (χ2n) is 2.57. The third-order valence-corrected chi connectivity index (χ3v) is 2.40. The van der Waals surface area contributed by atoms with Crippen LogP contribution in [-0.4, -0.2) is 5.11 Å². The molecule has 0 bridgehead atoms. The number of hydrogen-bond donors (Lipinski definition) is 1. The van der Waals surface area contributed by atoms with Crippen LogP contribution in [0.1, 0.15) is 17.4 Å². The number of rotatable bonds is 2. The standard InChI is InChI=1S/C9H7BrO3/c10-9-6(3-5-13-9)8(11)7-2-1-4-12-7/h1-5,8,11H. The summed E-state index contributed by atoms with van der Waals surface area (Å²) in [5.74, 6) is 0.502. The van der Waals surface area contributed by atoms with Gasteiger partial charge in [0.1, 0.15) is 11.9 Å². The summed E-state index contributed by atoms with van der Waals surface area (Å²) in [7, 11) is 0. The molecular weight excluding hydrogens is 236 g/mol. The third kappa shape index (κ3) is 1.55. The average molecular weight is 243 g/mol. The van der Waals surface area contributed by atoms with E-state index in [4.69, 9.17) is 8.83 Å². The first-order valence-corrected chi connectivity index (χ1v) is 4.52. The van der Waals surface area contributed by atoms with Crippen molar-refractivity contribution in [2.45, 2.75) is 6.10 Å². The van der Waals surface area contributed by atoms with Crippen molar-refractivity contribution in [1.29, 1.82) is 0 Å². The Balaban J connectivity index is 2.33. The van der Waals surface area contributed by atoms with Crippen LogP contribution >= 0.6 is 15.9 Å². The van der Waals surface area contributed by atoms with Crippen molar-refractivity contribution in [2.24, 2.45) is 0 Å². The highest BCUT2D eigenvalue weighted by Crippen LogP contribution is 2.29. The van der Waals surface area contributed by atoms with E-state index in [0.717, 1.165) is 0 Å². The Morgan fingerprint density at radius 3 is 2.62 bits per heavy atom. The number of hydrogen-bond acceptors (Lipinski definition) is 3. The molecule has 0 aliphatic rings. The van der Waals surface area contributed by atoms with Crippen LogP contribution in [0.5, 0.6) is 0 Å². The lowest BCUT2D eigenvalue weighted by Crippen LogP contribution is -1.96. The fraction of sp³-hybridized carbons (Fsp3) is 0.111. The molecule has 0 fully saturated rings. The normalized spacial score (nSPS) is 13.1. The van der Waals surface area contributed by atoms with Crippen LogP contribution in [0.4, 0.5) is 0 Å². The minimum Gasteiger partial charge on any atom is -0.466 e. The molecule has 0 spiro atoms. The zero-order chi connectivity index (χ0) is 9.26. The van der Waals surface area contributed by atoms with Gasteiger partial charge >= 0.3 is 0 Å². The van der Waals surface area contributed by atoms with Gasteiger partial charge in [0.2, 0.25) is 0 Å². The maximum Gasteiger partial charge on any atom is 0.175 e. The first-order valence-electron chi connectivity index (χ1n) is 3.73. The molecule has 1 unspecified atom stereocenters. The summed E-state index contributed by atoms with van der Waals surface area (Å²) < 4.78 is 10.6. The smallest absolute Gasteiger partial charge is 0.175 e. The lowest BCUT2D eigenvalue weighted by atomic mass is 10.1. The molecule has 0 aliphatic heterocycles. The fourth-order valence-corrected chi connectivity index (χ4v) is 1.56. The minimum atomic E-state index is -0.775. The highest BCUT2D eigenvalue weighted by Gasteiger charge is 2.17. The first kappa shape index (κ1) is 8.59. The van der Waals surface area contributed by atoms with E-state index in [0.29, 0.717) is 16.0 Å². The largest absolute Gasteiger partial charge is 0.466 e. The van der Waals surface area contributed by atoms with Crippen LogP contribution < -0.4 is 0 Å². The molecule has 1 N–H and O–H groups in total. The molecule has 0 saturated heterocycles. The molecule has 68 valence electrons. The van der Waals surface area contributed by atoms with Crippen LogP contribution in [0, 0.1) is 0 Å². The third-order valence-electron chi connectivity index (χ3n) is 1.75. The zero-order valence-electron chi connectivity index (χ0n) is 6.61. The van der Waals surface area contributed by atoms with Gasteiger partial charge in [-0.3, -0.25) is 0 Å². The van der Waals surface area contributed by atoms with E-state index >= 15 is 0 Å². The molecule has 2 aromatic rings. The molecular formula is C9H7BrO3. The van der Waals surface area contributed by atoms with Gasteiger partial charge < -0.3 is 13.9 Å². The van der Waals surface area contributed by atoms with E-state index < -0.39 is 6.10 Å². The predicted molar refractivity (Wildman–Crippen MR) is 49.2 cm³/mol. The van der Waals surface area contributed by atoms with Crippen molar-refractivity contribution in [3.05, 3.63) is 46.7 Å². The molecule has 2 aromatic heterocycles. The summed E-state index contributed by atoms with van der Waals surface area (Å²) in [6.45, 7) is 0. The van der Waals surface area contributed by atoms with E-state index in [-0.39, 0.29) is 0 Å². The predicted octanol–water partition coefficient (Wildman–Crippen LogP) is 2.72. The van der Waals surface area contributed by atoms with Gasteiger partial charge in [-0.1, -0.05) is 0 Å². The molecule has 2 rings (SSSR count). The molecule has 0 radical (unpaired) electrons. The molecule has 13 heavy (non-hydrogen) atoms. The Morgan fingerprint density at radius 2 is 2.08 bits per heavy atom. The SMILES string of the molecule is OC(c1ccco1)c1ccoc1Br. The average Bonchev–Trinajstić information content (AvgIpc) is 2.72. The lowest BCUT2D eigenvalue weighted by molar-refractivity contribution is 0.187. The molecule has 0 aromatic carbocycles. The van der Waals surface area contributed by atoms with Crippen molar-refractivity contribution in [3.8, 4) is 0 Å². The van der Waals surface area contributed by atoms with Gasteiger partial charge in [0.15, 0.2) is 4.67 Å².